The molecule has 0 bridgehead atoms. The van der Waals surface area contributed by atoms with Gasteiger partial charge in [0.1, 0.15) is 10.6 Å². The van der Waals surface area contributed by atoms with E-state index in [4.69, 9.17) is 0 Å². The summed E-state index contributed by atoms with van der Waals surface area (Å²) in [5, 5.41) is 7.09. The first kappa shape index (κ1) is 18.8. The smallest absolute Gasteiger partial charge is 0.246 e. The molecule has 3 aromatic rings. The normalized spacial score (nSPS) is 12.0. The summed E-state index contributed by atoms with van der Waals surface area (Å²) in [6, 6.07) is 19.2. The summed E-state index contributed by atoms with van der Waals surface area (Å²) in [4.78, 5) is 12.9. The molecule has 0 saturated carbocycles. The summed E-state index contributed by atoms with van der Waals surface area (Å²) >= 11 is 0. The van der Waals surface area contributed by atoms with E-state index >= 15 is 0 Å². The van der Waals surface area contributed by atoms with Crippen LogP contribution in [0.25, 0.3) is 11.3 Å². The molecule has 0 fully saturated rings. The SMILES string of the molecule is Cn1nc(-c2ccccc2)cc1NC(=O)C(C)(C)S(=O)(=O)c1ccccc1. The van der Waals surface area contributed by atoms with Crippen LogP contribution < -0.4 is 5.32 Å². The Bertz CT molecular complexity index is 1060. The fraction of sp³-hybridized carbons (Fsp3) is 0.200. The predicted octanol–water partition coefficient (Wildman–Crippen LogP) is 3.28. The van der Waals surface area contributed by atoms with Crippen molar-refractivity contribution in [2.45, 2.75) is 23.5 Å². The van der Waals surface area contributed by atoms with E-state index in [9.17, 15) is 13.2 Å². The highest BCUT2D eigenvalue weighted by molar-refractivity contribution is 7.93. The van der Waals surface area contributed by atoms with Gasteiger partial charge in [0.25, 0.3) is 0 Å². The van der Waals surface area contributed by atoms with Crippen molar-refractivity contribution in [1.82, 2.24) is 9.78 Å². The highest BCUT2D eigenvalue weighted by Crippen LogP contribution is 2.28. The number of aromatic nitrogens is 2. The second-order valence-corrected chi connectivity index (χ2v) is 9.18. The van der Waals surface area contributed by atoms with Crippen LogP contribution in [0.15, 0.2) is 71.6 Å². The zero-order valence-corrected chi connectivity index (χ0v) is 16.2. The number of rotatable bonds is 5. The number of aryl methyl sites for hydroxylation is 1. The van der Waals surface area contributed by atoms with Gasteiger partial charge in [0.15, 0.2) is 9.84 Å². The van der Waals surface area contributed by atoms with Crippen LogP contribution >= 0.6 is 0 Å². The van der Waals surface area contributed by atoms with Crippen molar-refractivity contribution in [3.05, 3.63) is 66.7 Å². The zero-order valence-electron chi connectivity index (χ0n) is 15.4. The van der Waals surface area contributed by atoms with Crippen molar-refractivity contribution >= 4 is 21.6 Å². The van der Waals surface area contributed by atoms with Crippen molar-refractivity contribution in [2.75, 3.05) is 5.32 Å². The topological polar surface area (TPSA) is 81.1 Å². The van der Waals surface area contributed by atoms with E-state index < -0.39 is 20.5 Å². The fourth-order valence-corrected chi connectivity index (χ4v) is 4.02. The summed E-state index contributed by atoms with van der Waals surface area (Å²) in [6.07, 6.45) is 0. The number of hydrogen-bond donors (Lipinski definition) is 1. The molecule has 0 aliphatic heterocycles. The Kier molecular flexibility index (Phi) is 4.89. The van der Waals surface area contributed by atoms with Gasteiger partial charge < -0.3 is 5.32 Å². The number of anilines is 1. The third-order valence-electron chi connectivity index (χ3n) is 4.46. The molecule has 0 radical (unpaired) electrons. The van der Waals surface area contributed by atoms with Crippen molar-refractivity contribution in [3.63, 3.8) is 0 Å². The van der Waals surface area contributed by atoms with E-state index in [1.54, 1.807) is 31.3 Å². The summed E-state index contributed by atoms with van der Waals surface area (Å²) in [5.41, 5.74) is 1.60. The maximum Gasteiger partial charge on any atom is 0.246 e. The number of sulfone groups is 1. The summed E-state index contributed by atoms with van der Waals surface area (Å²) in [6.45, 7) is 2.80. The lowest BCUT2D eigenvalue weighted by atomic mass is 10.1. The molecule has 0 atom stereocenters. The van der Waals surface area contributed by atoms with E-state index in [0.717, 1.165) is 5.56 Å². The quantitative estimate of drug-likeness (QED) is 0.733. The summed E-state index contributed by atoms with van der Waals surface area (Å²) < 4.78 is 25.7. The number of benzene rings is 2. The second kappa shape index (κ2) is 7.00. The van der Waals surface area contributed by atoms with Crippen molar-refractivity contribution in [2.24, 2.45) is 7.05 Å². The van der Waals surface area contributed by atoms with Gasteiger partial charge in [-0.2, -0.15) is 5.10 Å². The van der Waals surface area contributed by atoms with E-state index in [-0.39, 0.29) is 4.90 Å². The highest BCUT2D eigenvalue weighted by atomic mass is 32.2. The lowest BCUT2D eigenvalue weighted by molar-refractivity contribution is -0.117. The first-order valence-corrected chi connectivity index (χ1v) is 9.92. The van der Waals surface area contributed by atoms with E-state index in [1.807, 2.05) is 30.3 Å². The lowest BCUT2D eigenvalue weighted by Crippen LogP contribution is -2.44. The Balaban J connectivity index is 1.88. The average molecular weight is 383 g/mol. The first-order valence-electron chi connectivity index (χ1n) is 8.44. The van der Waals surface area contributed by atoms with Crippen molar-refractivity contribution in [1.29, 1.82) is 0 Å². The molecule has 140 valence electrons. The van der Waals surface area contributed by atoms with Crippen LogP contribution in [0.4, 0.5) is 5.82 Å². The fourth-order valence-electron chi connectivity index (χ4n) is 2.62. The summed E-state index contributed by atoms with van der Waals surface area (Å²) in [7, 11) is -2.16. The predicted molar refractivity (Wildman–Crippen MR) is 105 cm³/mol. The molecule has 0 spiro atoms. The van der Waals surface area contributed by atoms with Gasteiger partial charge in [0.2, 0.25) is 5.91 Å². The van der Waals surface area contributed by atoms with Gasteiger partial charge in [0.05, 0.1) is 10.6 Å². The lowest BCUT2D eigenvalue weighted by Gasteiger charge is -2.23. The van der Waals surface area contributed by atoms with Crippen LogP contribution in [0.3, 0.4) is 0 Å². The molecular formula is C20H21N3O3S. The van der Waals surface area contributed by atoms with Gasteiger partial charge in [-0.15, -0.1) is 0 Å². The molecule has 1 amide bonds. The van der Waals surface area contributed by atoms with Crippen LogP contribution in [-0.4, -0.2) is 28.9 Å². The van der Waals surface area contributed by atoms with Gasteiger partial charge in [-0.1, -0.05) is 48.5 Å². The minimum atomic E-state index is -3.86. The van der Waals surface area contributed by atoms with Crippen LogP contribution in [0.2, 0.25) is 0 Å². The molecule has 27 heavy (non-hydrogen) atoms. The Morgan fingerprint density at radius 2 is 1.56 bits per heavy atom. The van der Waals surface area contributed by atoms with Gasteiger partial charge in [-0.3, -0.25) is 9.48 Å². The van der Waals surface area contributed by atoms with Gasteiger partial charge >= 0.3 is 0 Å². The van der Waals surface area contributed by atoms with Crippen molar-refractivity contribution in [3.8, 4) is 11.3 Å². The number of carbonyl (C=O) groups excluding carboxylic acids is 1. The molecule has 1 aromatic heterocycles. The maximum atomic E-state index is 12.9. The maximum absolute atomic E-state index is 12.9. The number of hydrogen-bond acceptors (Lipinski definition) is 4. The number of nitrogens with one attached hydrogen (secondary N) is 1. The highest BCUT2D eigenvalue weighted by Gasteiger charge is 2.43. The molecular weight excluding hydrogens is 362 g/mol. The third kappa shape index (κ3) is 3.50. The Labute approximate surface area is 158 Å². The Morgan fingerprint density at radius 1 is 1.00 bits per heavy atom. The molecule has 0 aliphatic carbocycles. The molecule has 0 saturated heterocycles. The van der Waals surface area contributed by atoms with Gasteiger partial charge in [-0.25, -0.2) is 8.42 Å². The third-order valence-corrected chi connectivity index (χ3v) is 6.88. The van der Waals surface area contributed by atoms with Crippen molar-refractivity contribution < 1.29 is 13.2 Å². The van der Waals surface area contributed by atoms with Gasteiger partial charge in [0, 0.05) is 18.7 Å². The van der Waals surface area contributed by atoms with E-state index in [1.165, 1.54) is 30.7 Å². The second-order valence-electron chi connectivity index (χ2n) is 6.69. The van der Waals surface area contributed by atoms with E-state index in [0.29, 0.717) is 11.5 Å². The monoisotopic (exact) mass is 383 g/mol. The van der Waals surface area contributed by atoms with Gasteiger partial charge in [-0.05, 0) is 26.0 Å². The Morgan fingerprint density at radius 3 is 2.15 bits per heavy atom. The first-order chi connectivity index (χ1) is 12.7. The van der Waals surface area contributed by atoms with Crippen LogP contribution in [-0.2, 0) is 21.7 Å². The minimum absolute atomic E-state index is 0.111. The number of nitrogens with zero attached hydrogens (tertiary/aromatic N) is 2. The zero-order chi connectivity index (χ0) is 19.7. The number of carbonyl (C=O) groups is 1. The summed E-state index contributed by atoms with van der Waals surface area (Å²) in [5.74, 6) is -0.191. The largest absolute Gasteiger partial charge is 0.310 e. The molecule has 0 unspecified atom stereocenters. The Hall–Kier alpha value is -2.93. The van der Waals surface area contributed by atoms with E-state index in [2.05, 4.69) is 10.4 Å². The minimum Gasteiger partial charge on any atom is -0.310 e. The average Bonchev–Trinajstić information content (AvgIpc) is 3.03. The molecule has 0 aliphatic rings. The molecule has 3 rings (SSSR count). The standard InChI is InChI=1S/C20H21N3O3S/c1-20(2,27(25,26)16-12-8-5-9-13-16)19(24)21-18-14-17(22-23(18)3)15-10-6-4-7-11-15/h4-14H,1-3H3,(H,21,24). The molecule has 7 heteroatoms. The molecule has 1 N–H and O–H groups in total. The van der Waals surface area contributed by atoms with Crippen LogP contribution in [0.5, 0.6) is 0 Å². The number of amides is 1. The van der Waals surface area contributed by atoms with Crippen LogP contribution in [0.1, 0.15) is 13.8 Å². The molecule has 2 aromatic carbocycles. The molecule has 6 nitrogen and oxygen atoms in total. The molecule has 1 heterocycles. The van der Waals surface area contributed by atoms with Crippen LogP contribution in [0, 0.1) is 0 Å².